The van der Waals surface area contributed by atoms with Crippen LogP contribution in [0, 0.1) is 0 Å². The number of hydrogen-bond acceptors (Lipinski definition) is 3. The number of aromatic nitrogens is 1. The fourth-order valence-corrected chi connectivity index (χ4v) is 2.03. The van der Waals surface area contributed by atoms with Gasteiger partial charge in [-0.2, -0.15) is 13.2 Å². The molecule has 2 aromatic rings. The summed E-state index contributed by atoms with van der Waals surface area (Å²) in [7, 11) is 2.76. The van der Waals surface area contributed by atoms with Gasteiger partial charge >= 0.3 is 6.18 Å². The van der Waals surface area contributed by atoms with Gasteiger partial charge in [0.05, 0.1) is 11.1 Å². The van der Waals surface area contributed by atoms with Crippen LogP contribution in [0.1, 0.15) is 10.4 Å². The molecule has 0 fully saturated rings. The number of halogens is 3. The van der Waals surface area contributed by atoms with Crippen LogP contribution in [-0.4, -0.2) is 42.6 Å². The minimum atomic E-state index is -4.43. The fourth-order valence-electron chi connectivity index (χ4n) is 2.03. The number of carbonyl (C=O) groups excluding carboxylic acids is 1. The number of carbonyl (C=O) groups is 1. The molecule has 1 heterocycles. The van der Waals surface area contributed by atoms with Crippen LogP contribution in [0.2, 0.25) is 0 Å². The van der Waals surface area contributed by atoms with E-state index in [0.29, 0.717) is 21.6 Å². The van der Waals surface area contributed by atoms with Gasteiger partial charge in [-0.3, -0.25) is 4.79 Å². The van der Waals surface area contributed by atoms with Crippen LogP contribution >= 0.6 is 0 Å². The Labute approximate surface area is 119 Å². The summed E-state index contributed by atoms with van der Waals surface area (Å²) in [5.74, 6) is -0.264. The van der Waals surface area contributed by atoms with E-state index in [-0.39, 0.29) is 5.56 Å². The number of hydrogen-bond donors (Lipinski definition) is 1. The summed E-state index contributed by atoms with van der Waals surface area (Å²) in [4.78, 5) is 17.2. The maximum absolute atomic E-state index is 12.4. The second-order valence-corrected chi connectivity index (χ2v) is 4.60. The minimum absolute atomic E-state index is 0.191. The Hall–Kier alpha value is -2.31. The molecule has 0 bridgehead atoms. The zero-order chi connectivity index (χ0) is 15.6. The Morgan fingerprint density at radius 2 is 2.00 bits per heavy atom. The summed E-state index contributed by atoms with van der Waals surface area (Å²) in [6.07, 6.45) is -4.43. The molecular formula is C14H14F3N3O. The van der Waals surface area contributed by atoms with E-state index in [2.05, 4.69) is 10.3 Å². The number of alkyl halides is 3. The van der Waals surface area contributed by atoms with Crippen LogP contribution in [-0.2, 0) is 0 Å². The monoisotopic (exact) mass is 297 g/mol. The van der Waals surface area contributed by atoms with E-state index in [9.17, 15) is 18.0 Å². The van der Waals surface area contributed by atoms with Crippen molar-refractivity contribution in [2.75, 3.05) is 26.0 Å². The molecule has 112 valence electrons. The number of amides is 1. The largest absolute Gasteiger partial charge is 0.406 e. The van der Waals surface area contributed by atoms with Gasteiger partial charge in [-0.15, -0.1) is 0 Å². The van der Waals surface area contributed by atoms with E-state index in [0.717, 1.165) is 7.05 Å². The van der Waals surface area contributed by atoms with Crippen LogP contribution < -0.4 is 5.32 Å². The molecule has 1 aromatic heterocycles. The molecule has 0 radical (unpaired) electrons. The molecule has 0 unspecified atom stereocenters. The summed E-state index contributed by atoms with van der Waals surface area (Å²) in [5.41, 5.74) is 0.741. The number of benzene rings is 1. The third-order valence-electron chi connectivity index (χ3n) is 2.97. The van der Waals surface area contributed by atoms with Crippen LogP contribution in [0.5, 0.6) is 0 Å². The molecular weight excluding hydrogens is 283 g/mol. The van der Waals surface area contributed by atoms with Crippen molar-refractivity contribution in [1.82, 2.24) is 9.88 Å². The average molecular weight is 297 g/mol. The molecule has 0 aliphatic heterocycles. The van der Waals surface area contributed by atoms with Crippen LogP contribution in [0.3, 0.4) is 0 Å². The Kier molecular flexibility index (Phi) is 4.02. The van der Waals surface area contributed by atoms with E-state index in [1.165, 1.54) is 6.07 Å². The first-order valence-corrected chi connectivity index (χ1v) is 6.21. The van der Waals surface area contributed by atoms with Crippen LogP contribution in [0.25, 0.3) is 10.9 Å². The SMILES string of the molecule is CNc1cc(C(=O)N(C)CC(F)(F)F)c2ccccc2n1. The quantitative estimate of drug-likeness (QED) is 0.947. The maximum Gasteiger partial charge on any atom is 0.406 e. The molecule has 0 aliphatic carbocycles. The van der Waals surface area contributed by atoms with E-state index in [4.69, 9.17) is 0 Å². The normalized spacial score (nSPS) is 11.5. The first-order chi connectivity index (χ1) is 9.81. The highest BCUT2D eigenvalue weighted by molar-refractivity contribution is 6.06. The highest BCUT2D eigenvalue weighted by Gasteiger charge is 2.32. The second-order valence-electron chi connectivity index (χ2n) is 4.60. The third kappa shape index (κ3) is 3.42. The standard InChI is InChI=1S/C14H14F3N3O/c1-18-12-7-10(9-5-3-4-6-11(9)19-12)13(21)20(2)8-14(15,16)17/h3-7H,8H2,1-2H3,(H,18,19). The zero-order valence-corrected chi connectivity index (χ0v) is 11.5. The highest BCUT2D eigenvalue weighted by atomic mass is 19.4. The third-order valence-corrected chi connectivity index (χ3v) is 2.97. The maximum atomic E-state index is 12.4. The Morgan fingerprint density at radius 1 is 1.33 bits per heavy atom. The van der Waals surface area contributed by atoms with E-state index in [1.807, 2.05) is 0 Å². The summed E-state index contributed by atoms with van der Waals surface area (Å²) in [6, 6.07) is 8.29. The van der Waals surface area contributed by atoms with E-state index >= 15 is 0 Å². The number of anilines is 1. The molecule has 2 rings (SSSR count). The second kappa shape index (κ2) is 5.59. The molecule has 0 saturated carbocycles. The lowest BCUT2D eigenvalue weighted by atomic mass is 10.1. The van der Waals surface area contributed by atoms with E-state index < -0.39 is 18.6 Å². The van der Waals surface area contributed by atoms with Crippen molar-refractivity contribution < 1.29 is 18.0 Å². The molecule has 4 nitrogen and oxygen atoms in total. The van der Waals surface area contributed by atoms with Gasteiger partial charge in [0, 0.05) is 19.5 Å². The number of para-hydroxylation sites is 1. The van der Waals surface area contributed by atoms with Crippen molar-refractivity contribution in [3.05, 3.63) is 35.9 Å². The molecule has 7 heteroatoms. The summed E-state index contributed by atoms with van der Waals surface area (Å²) >= 11 is 0. The lowest BCUT2D eigenvalue weighted by molar-refractivity contribution is -0.138. The van der Waals surface area contributed by atoms with Crippen molar-refractivity contribution in [2.45, 2.75) is 6.18 Å². The molecule has 0 atom stereocenters. The van der Waals surface area contributed by atoms with Crippen molar-refractivity contribution in [1.29, 1.82) is 0 Å². The van der Waals surface area contributed by atoms with Gasteiger partial charge in [-0.05, 0) is 12.1 Å². The predicted molar refractivity (Wildman–Crippen MR) is 74.3 cm³/mol. The predicted octanol–water partition coefficient (Wildman–Crippen LogP) is 2.91. The Morgan fingerprint density at radius 3 is 2.62 bits per heavy atom. The average Bonchev–Trinajstić information content (AvgIpc) is 2.43. The molecule has 1 aromatic carbocycles. The van der Waals surface area contributed by atoms with Gasteiger partial charge in [0.25, 0.3) is 5.91 Å². The number of pyridine rings is 1. The van der Waals surface area contributed by atoms with E-state index in [1.54, 1.807) is 31.3 Å². The first kappa shape index (κ1) is 15.1. The van der Waals surface area contributed by atoms with Crippen molar-refractivity contribution in [3.8, 4) is 0 Å². The number of nitrogens with one attached hydrogen (secondary N) is 1. The summed E-state index contributed by atoms with van der Waals surface area (Å²) in [6.45, 7) is -1.29. The van der Waals surface area contributed by atoms with Crippen LogP contribution in [0.15, 0.2) is 30.3 Å². The lowest BCUT2D eigenvalue weighted by Crippen LogP contribution is -2.36. The van der Waals surface area contributed by atoms with Gasteiger partial charge in [-0.1, -0.05) is 18.2 Å². The summed E-state index contributed by atoms with van der Waals surface area (Å²) < 4.78 is 37.3. The molecule has 1 N–H and O–H groups in total. The minimum Gasteiger partial charge on any atom is -0.373 e. The van der Waals surface area contributed by atoms with Gasteiger partial charge in [0.15, 0.2) is 0 Å². The fraction of sp³-hybridized carbons (Fsp3) is 0.286. The van der Waals surface area contributed by atoms with Gasteiger partial charge in [-0.25, -0.2) is 4.98 Å². The molecule has 0 spiro atoms. The smallest absolute Gasteiger partial charge is 0.373 e. The Balaban J connectivity index is 2.47. The van der Waals surface area contributed by atoms with Gasteiger partial charge in [0.1, 0.15) is 12.4 Å². The van der Waals surface area contributed by atoms with Gasteiger partial charge < -0.3 is 10.2 Å². The summed E-state index contributed by atoms with van der Waals surface area (Å²) in [5, 5.41) is 3.32. The topological polar surface area (TPSA) is 45.2 Å². The van der Waals surface area contributed by atoms with Crippen molar-refractivity contribution >= 4 is 22.6 Å². The Bertz CT molecular complexity index is 670. The van der Waals surface area contributed by atoms with Gasteiger partial charge in [0.2, 0.25) is 0 Å². The van der Waals surface area contributed by atoms with Crippen molar-refractivity contribution in [3.63, 3.8) is 0 Å². The number of nitrogens with zero attached hydrogens (tertiary/aromatic N) is 2. The molecule has 21 heavy (non-hydrogen) atoms. The molecule has 1 amide bonds. The lowest BCUT2D eigenvalue weighted by Gasteiger charge is -2.20. The highest BCUT2D eigenvalue weighted by Crippen LogP contribution is 2.23. The molecule has 0 aliphatic rings. The zero-order valence-electron chi connectivity index (χ0n) is 11.5. The van der Waals surface area contributed by atoms with Crippen molar-refractivity contribution in [2.24, 2.45) is 0 Å². The molecule has 0 saturated heterocycles. The van der Waals surface area contributed by atoms with Crippen LogP contribution in [0.4, 0.5) is 19.0 Å². The number of fused-ring (bicyclic) bond motifs is 1. The first-order valence-electron chi connectivity index (χ1n) is 6.21. The number of rotatable bonds is 3.